The molecule has 0 aliphatic heterocycles. The predicted octanol–water partition coefficient (Wildman–Crippen LogP) is 4.38. The minimum atomic E-state index is -0.253. The van der Waals surface area contributed by atoms with Gasteiger partial charge in [-0.15, -0.1) is 11.3 Å². The van der Waals surface area contributed by atoms with Gasteiger partial charge in [0, 0.05) is 16.6 Å². The fraction of sp³-hybridized carbons (Fsp3) is 0.136. The number of anilines is 1. The molecule has 140 valence electrons. The first-order chi connectivity index (χ1) is 13.5. The number of amides is 1. The molecule has 2 heterocycles. The highest BCUT2D eigenvalue weighted by Gasteiger charge is 2.14. The number of nitrogens with one attached hydrogen (secondary N) is 1. The third kappa shape index (κ3) is 3.46. The Labute approximate surface area is 166 Å². The van der Waals surface area contributed by atoms with Crippen molar-refractivity contribution in [1.82, 2.24) is 9.55 Å². The van der Waals surface area contributed by atoms with Gasteiger partial charge in [0.2, 0.25) is 5.91 Å². The average Bonchev–Trinajstić information content (AvgIpc) is 3.12. The number of carbonyl (C=O) groups is 1. The van der Waals surface area contributed by atoms with E-state index in [0.29, 0.717) is 10.2 Å². The number of thiophene rings is 1. The summed E-state index contributed by atoms with van der Waals surface area (Å²) in [5.41, 5.74) is 5.23. The number of aromatic nitrogens is 2. The second-order valence-electron chi connectivity index (χ2n) is 6.74. The number of rotatable bonds is 4. The maximum atomic E-state index is 12.8. The molecule has 0 fully saturated rings. The van der Waals surface area contributed by atoms with Crippen LogP contribution in [0.5, 0.6) is 0 Å². The topological polar surface area (TPSA) is 64.0 Å². The number of aryl methyl sites for hydroxylation is 2. The maximum absolute atomic E-state index is 12.8. The van der Waals surface area contributed by atoms with E-state index in [0.717, 1.165) is 27.9 Å². The van der Waals surface area contributed by atoms with Crippen molar-refractivity contribution >= 4 is 33.1 Å². The zero-order chi connectivity index (χ0) is 19.7. The minimum absolute atomic E-state index is 0.0757. The number of benzene rings is 2. The molecule has 0 unspecified atom stereocenters. The van der Waals surface area contributed by atoms with E-state index in [1.165, 1.54) is 22.2 Å². The molecule has 0 saturated heterocycles. The van der Waals surface area contributed by atoms with Gasteiger partial charge in [-0.2, -0.15) is 0 Å². The van der Waals surface area contributed by atoms with Crippen molar-refractivity contribution in [3.05, 3.63) is 81.7 Å². The van der Waals surface area contributed by atoms with Crippen molar-refractivity contribution in [2.24, 2.45) is 0 Å². The van der Waals surface area contributed by atoms with Gasteiger partial charge in [-0.25, -0.2) is 4.98 Å². The standard InChI is InChI=1S/C22H19N3O2S/c1-14-8-9-15(2)18(10-14)24-19(26)11-25-13-23-20-17(12-28-21(20)22(25)27)16-6-4-3-5-7-16/h3-10,12-13H,11H2,1-2H3,(H,24,26). The Kier molecular flexibility index (Phi) is 4.79. The van der Waals surface area contributed by atoms with E-state index in [4.69, 9.17) is 0 Å². The number of hydrogen-bond acceptors (Lipinski definition) is 4. The Morgan fingerprint density at radius 3 is 2.71 bits per heavy atom. The molecule has 28 heavy (non-hydrogen) atoms. The van der Waals surface area contributed by atoms with Gasteiger partial charge in [0.15, 0.2) is 0 Å². The quantitative estimate of drug-likeness (QED) is 0.563. The summed E-state index contributed by atoms with van der Waals surface area (Å²) in [5, 5.41) is 4.82. The Balaban J connectivity index is 1.61. The van der Waals surface area contributed by atoms with Crippen molar-refractivity contribution in [3.63, 3.8) is 0 Å². The van der Waals surface area contributed by atoms with Gasteiger partial charge in [0.05, 0.1) is 11.8 Å². The first kappa shape index (κ1) is 18.1. The second-order valence-corrected chi connectivity index (χ2v) is 7.62. The molecular weight excluding hydrogens is 370 g/mol. The number of fused-ring (bicyclic) bond motifs is 1. The van der Waals surface area contributed by atoms with Crippen LogP contribution in [0, 0.1) is 13.8 Å². The summed E-state index contributed by atoms with van der Waals surface area (Å²) in [6.07, 6.45) is 1.45. The van der Waals surface area contributed by atoms with Crippen molar-refractivity contribution < 1.29 is 4.79 Å². The molecule has 1 N–H and O–H groups in total. The molecule has 2 aromatic heterocycles. The molecule has 0 atom stereocenters. The first-order valence-corrected chi connectivity index (χ1v) is 9.80. The summed E-state index contributed by atoms with van der Waals surface area (Å²) >= 11 is 1.36. The van der Waals surface area contributed by atoms with Gasteiger partial charge in [-0.3, -0.25) is 14.2 Å². The maximum Gasteiger partial charge on any atom is 0.271 e. The van der Waals surface area contributed by atoms with Gasteiger partial charge >= 0.3 is 0 Å². The van der Waals surface area contributed by atoms with Crippen LogP contribution in [0.15, 0.2) is 65.0 Å². The van der Waals surface area contributed by atoms with Crippen molar-refractivity contribution in [3.8, 4) is 11.1 Å². The van der Waals surface area contributed by atoms with Crippen LogP contribution in [0.2, 0.25) is 0 Å². The Bertz CT molecular complexity index is 1230. The lowest BCUT2D eigenvalue weighted by atomic mass is 10.1. The third-order valence-corrected chi connectivity index (χ3v) is 5.57. The molecule has 0 aliphatic rings. The molecule has 0 spiro atoms. The van der Waals surface area contributed by atoms with Gasteiger partial charge in [0.1, 0.15) is 11.2 Å². The highest BCUT2D eigenvalue weighted by molar-refractivity contribution is 7.17. The van der Waals surface area contributed by atoms with Crippen LogP contribution in [0.4, 0.5) is 5.69 Å². The minimum Gasteiger partial charge on any atom is -0.324 e. The largest absolute Gasteiger partial charge is 0.324 e. The summed E-state index contributed by atoms with van der Waals surface area (Å²) in [6.45, 7) is 3.83. The molecular formula is C22H19N3O2S. The van der Waals surface area contributed by atoms with E-state index in [2.05, 4.69) is 10.3 Å². The van der Waals surface area contributed by atoms with Crippen LogP contribution < -0.4 is 10.9 Å². The monoisotopic (exact) mass is 389 g/mol. The van der Waals surface area contributed by atoms with E-state index >= 15 is 0 Å². The van der Waals surface area contributed by atoms with E-state index in [-0.39, 0.29) is 18.0 Å². The molecule has 2 aromatic carbocycles. The van der Waals surface area contributed by atoms with E-state index in [1.807, 2.05) is 67.8 Å². The van der Waals surface area contributed by atoms with Gasteiger partial charge < -0.3 is 5.32 Å². The van der Waals surface area contributed by atoms with Gasteiger partial charge in [-0.05, 0) is 36.6 Å². The van der Waals surface area contributed by atoms with Gasteiger partial charge in [-0.1, -0.05) is 42.5 Å². The summed E-state index contributed by atoms with van der Waals surface area (Å²) < 4.78 is 1.91. The summed E-state index contributed by atoms with van der Waals surface area (Å²) in [6, 6.07) is 15.7. The first-order valence-electron chi connectivity index (χ1n) is 8.92. The highest BCUT2D eigenvalue weighted by atomic mass is 32.1. The normalized spacial score (nSPS) is 10.9. The lowest BCUT2D eigenvalue weighted by molar-refractivity contribution is -0.116. The molecule has 1 amide bonds. The molecule has 0 radical (unpaired) electrons. The third-order valence-electron chi connectivity index (χ3n) is 4.61. The fourth-order valence-electron chi connectivity index (χ4n) is 3.09. The smallest absolute Gasteiger partial charge is 0.271 e. The van der Waals surface area contributed by atoms with E-state index in [1.54, 1.807) is 0 Å². The summed E-state index contributed by atoms with van der Waals surface area (Å²) in [4.78, 5) is 29.8. The Morgan fingerprint density at radius 1 is 1.14 bits per heavy atom. The molecule has 5 nitrogen and oxygen atoms in total. The van der Waals surface area contributed by atoms with Crippen molar-refractivity contribution in [1.29, 1.82) is 0 Å². The molecule has 0 saturated carbocycles. The fourth-order valence-corrected chi connectivity index (χ4v) is 4.07. The number of nitrogens with zero attached hydrogens (tertiary/aromatic N) is 2. The van der Waals surface area contributed by atoms with Gasteiger partial charge in [0.25, 0.3) is 5.56 Å². The van der Waals surface area contributed by atoms with Crippen LogP contribution in [0.1, 0.15) is 11.1 Å². The molecule has 4 aromatic rings. The van der Waals surface area contributed by atoms with Crippen molar-refractivity contribution in [2.75, 3.05) is 5.32 Å². The van der Waals surface area contributed by atoms with Crippen LogP contribution in [-0.4, -0.2) is 15.5 Å². The number of hydrogen-bond donors (Lipinski definition) is 1. The SMILES string of the molecule is Cc1ccc(C)c(NC(=O)Cn2cnc3c(-c4ccccc4)csc3c2=O)c1. The van der Waals surface area contributed by atoms with Crippen LogP contribution >= 0.6 is 11.3 Å². The average molecular weight is 389 g/mol. The molecule has 0 bridgehead atoms. The van der Waals surface area contributed by atoms with Crippen LogP contribution in [0.3, 0.4) is 0 Å². The molecule has 0 aliphatic carbocycles. The Morgan fingerprint density at radius 2 is 1.93 bits per heavy atom. The van der Waals surface area contributed by atoms with Crippen molar-refractivity contribution in [2.45, 2.75) is 20.4 Å². The lowest BCUT2D eigenvalue weighted by Gasteiger charge is -2.10. The zero-order valence-corrected chi connectivity index (χ0v) is 16.4. The lowest BCUT2D eigenvalue weighted by Crippen LogP contribution is -2.27. The molecule has 6 heteroatoms. The zero-order valence-electron chi connectivity index (χ0n) is 15.6. The number of carbonyl (C=O) groups excluding carboxylic acids is 1. The van der Waals surface area contributed by atoms with E-state index < -0.39 is 0 Å². The second kappa shape index (κ2) is 7.40. The van der Waals surface area contributed by atoms with Crippen LogP contribution in [-0.2, 0) is 11.3 Å². The molecule has 4 rings (SSSR count). The summed E-state index contributed by atoms with van der Waals surface area (Å²) in [5.74, 6) is -0.253. The van der Waals surface area contributed by atoms with Crippen LogP contribution in [0.25, 0.3) is 21.3 Å². The Hall–Kier alpha value is -3.25. The van der Waals surface area contributed by atoms with E-state index in [9.17, 15) is 9.59 Å². The highest BCUT2D eigenvalue weighted by Crippen LogP contribution is 2.30. The predicted molar refractivity (Wildman–Crippen MR) is 114 cm³/mol. The summed E-state index contributed by atoms with van der Waals surface area (Å²) in [7, 11) is 0.